The van der Waals surface area contributed by atoms with Gasteiger partial charge in [0.1, 0.15) is 0 Å². The van der Waals surface area contributed by atoms with Crippen molar-refractivity contribution < 1.29 is 0 Å². The molecular weight excluding hydrogens is 274 g/mol. The van der Waals surface area contributed by atoms with Crippen LogP contribution in [0.25, 0.3) is 0 Å². The number of nitrogens with one attached hydrogen (secondary N) is 2. The Morgan fingerprint density at radius 1 is 1.00 bits per heavy atom. The van der Waals surface area contributed by atoms with Gasteiger partial charge in [-0.15, -0.1) is 5.10 Å². The minimum absolute atomic E-state index is 0.476. The lowest BCUT2D eigenvalue weighted by Gasteiger charge is -2.08. The largest absolute Gasteiger partial charge is 0.365 e. The van der Waals surface area contributed by atoms with E-state index in [2.05, 4.69) is 37.9 Å². The fourth-order valence-corrected chi connectivity index (χ4v) is 2.08. The molecule has 5 heteroatoms. The standard InChI is InChI=1S/C17H17N5/c1-13-6-5-9-15(10-13)20-17-21-16(12-19-22-17)18-11-14-7-3-2-4-8-14/h2-10,12H,11H2,1H3,(H2,18,20,21,22). The Labute approximate surface area is 129 Å². The first kappa shape index (κ1) is 14.0. The first-order chi connectivity index (χ1) is 10.8. The van der Waals surface area contributed by atoms with Crippen LogP contribution in [0.5, 0.6) is 0 Å². The molecular formula is C17H17N5. The van der Waals surface area contributed by atoms with E-state index in [0.717, 1.165) is 5.69 Å². The molecule has 110 valence electrons. The van der Waals surface area contributed by atoms with Crippen molar-refractivity contribution >= 4 is 17.5 Å². The summed E-state index contributed by atoms with van der Waals surface area (Å²) in [5.41, 5.74) is 3.31. The Hall–Kier alpha value is -2.95. The lowest BCUT2D eigenvalue weighted by Crippen LogP contribution is -2.05. The summed E-state index contributed by atoms with van der Waals surface area (Å²) in [6, 6.07) is 18.2. The van der Waals surface area contributed by atoms with Gasteiger partial charge in [0.25, 0.3) is 0 Å². The van der Waals surface area contributed by atoms with Crippen molar-refractivity contribution in [2.75, 3.05) is 10.6 Å². The third kappa shape index (κ3) is 3.79. The molecule has 2 N–H and O–H groups in total. The van der Waals surface area contributed by atoms with Crippen LogP contribution in [0, 0.1) is 6.92 Å². The molecule has 0 fully saturated rings. The van der Waals surface area contributed by atoms with E-state index in [1.54, 1.807) is 6.20 Å². The summed E-state index contributed by atoms with van der Waals surface area (Å²) in [5.74, 6) is 1.16. The average Bonchev–Trinajstić information content (AvgIpc) is 2.54. The number of benzene rings is 2. The first-order valence-electron chi connectivity index (χ1n) is 7.11. The molecule has 0 radical (unpaired) electrons. The monoisotopic (exact) mass is 291 g/mol. The molecule has 0 bridgehead atoms. The van der Waals surface area contributed by atoms with Crippen LogP contribution in [0.2, 0.25) is 0 Å². The Kier molecular flexibility index (Phi) is 4.25. The van der Waals surface area contributed by atoms with Crippen LogP contribution in [0.3, 0.4) is 0 Å². The summed E-state index contributed by atoms with van der Waals surface area (Å²) in [6.07, 6.45) is 1.62. The van der Waals surface area contributed by atoms with E-state index in [9.17, 15) is 0 Å². The average molecular weight is 291 g/mol. The molecule has 0 saturated carbocycles. The molecule has 3 aromatic rings. The van der Waals surface area contributed by atoms with Gasteiger partial charge >= 0.3 is 0 Å². The second-order valence-corrected chi connectivity index (χ2v) is 5.00. The zero-order valence-corrected chi connectivity index (χ0v) is 12.3. The minimum Gasteiger partial charge on any atom is -0.365 e. The molecule has 0 spiro atoms. The molecule has 1 heterocycles. The van der Waals surface area contributed by atoms with Gasteiger partial charge in [-0.25, -0.2) is 0 Å². The Balaban J connectivity index is 1.67. The van der Waals surface area contributed by atoms with Gasteiger partial charge in [0.15, 0.2) is 5.82 Å². The molecule has 5 nitrogen and oxygen atoms in total. The van der Waals surface area contributed by atoms with Crippen LogP contribution in [0.4, 0.5) is 17.5 Å². The van der Waals surface area contributed by atoms with Gasteiger partial charge in [-0.05, 0) is 30.2 Å². The number of anilines is 3. The highest BCUT2D eigenvalue weighted by Gasteiger charge is 2.01. The van der Waals surface area contributed by atoms with E-state index in [1.165, 1.54) is 11.1 Å². The maximum absolute atomic E-state index is 4.42. The van der Waals surface area contributed by atoms with Crippen molar-refractivity contribution in [1.82, 2.24) is 15.2 Å². The molecule has 0 atom stereocenters. The number of nitrogens with zero attached hydrogens (tertiary/aromatic N) is 3. The lowest BCUT2D eigenvalue weighted by atomic mass is 10.2. The maximum atomic E-state index is 4.42. The summed E-state index contributed by atoms with van der Waals surface area (Å²) in [6.45, 7) is 2.74. The number of hydrogen-bond donors (Lipinski definition) is 2. The van der Waals surface area contributed by atoms with Crippen molar-refractivity contribution in [2.24, 2.45) is 0 Å². The smallest absolute Gasteiger partial charge is 0.249 e. The third-order valence-electron chi connectivity index (χ3n) is 3.15. The molecule has 0 aliphatic heterocycles. The fourth-order valence-electron chi connectivity index (χ4n) is 2.08. The van der Waals surface area contributed by atoms with Crippen molar-refractivity contribution in [3.8, 4) is 0 Å². The summed E-state index contributed by atoms with van der Waals surface area (Å²) >= 11 is 0. The molecule has 0 unspecified atom stereocenters. The molecule has 3 rings (SSSR count). The summed E-state index contributed by atoms with van der Waals surface area (Å²) < 4.78 is 0. The SMILES string of the molecule is Cc1cccc(Nc2nncc(NCc3ccccc3)n2)c1. The second kappa shape index (κ2) is 6.67. The van der Waals surface area contributed by atoms with Gasteiger partial charge in [0, 0.05) is 12.2 Å². The number of hydrogen-bond acceptors (Lipinski definition) is 5. The van der Waals surface area contributed by atoms with E-state index in [0.29, 0.717) is 18.3 Å². The third-order valence-corrected chi connectivity index (χ3v) is 3.15. The summed E-state index contributed by atoms with van der Waals surface area (Å²) in [7, 11) is 0. The number of rotatable bonds is 5. The normalized spacial score (nSPS) is 10.2. The lowest BCUT2D eigenvalue weighted by molar-refractivity contribution is 0.966. The van der Waals surface area contributed by atoms with Crippen molar-refractivity contribution in [3.05, 3.63) is 71.9 Å². The van der Waals surface area contributed by atoms with Crippen LogP contribution in [-0.2, 0) is 6.54 Å². The van der Waals surface area contributed by atoms with Crippen LogP contribution >= 0.6 is 0 Å². The van der Waals surface area contributed by atoms with Gasteiger partial charge in [0.05, 0.1) is 6.20 Å². The molecule has 0 saturated heterocycles. The van der Waals surface area contributed by atoms with Gasteiger partial charge in [0.2, 0.25) is 5.95 Å². The van der Waals surface area contributed by atoms with Crippen LogP contribution < -0.4 is 10.6 Å². The zero-order chi connectivity index (χ0) is 15.2. The van der Waals surface area contributed by atoms with E-state index in [-0.39, 0.29) is 0 Å². The van der Waals surface area contributed by atoms with Crippen LogP contribution in [0.15, 0.2) is 60.8 Å². The molecule has 2 aromatic carbocycles. The molecule has 22 heavy (non-hydrogen) atoms. The Morgan fingerprint density at radius 3 is 2.68 bits per heavy atom. The second-order valence-electron chi connectivity index (χ2n) is 5.00. The van der Waals surface area contributed by atoms with Gasteiger partial charge < -0.3 is 10.6 Å². The number of aryl methyl sites for hydroxylation is 1. The number of aromatic nitrogens is 3. The van der Waals surface area contributed by atoms with E-state index in [1.807, 2.05) is 49.4 Å². The highest BCUT2D eigenvalue weighted by atomic mass is 15.3. The van der Waals surface area contributed by atoms with E-state index >= 15 is 0 Å². The Bertz CT molecular complexity index is 743. The molecule has 0 aliphatic carbocycles. The highest BCUT2D eigenvalue weighted by molar-refractivity contribution is 5.55. The Morgan fingerprint density at radius 2 is 1.86 bits per heavy atom. The highest BCUT2D eigenvalue weighted by Crippen LogP contribution is 2.15. The quantitative estimate of drug-likeness (QED) is 0.753. The van der Waals surface area contributed by atoms with E-state index < -0.39 is 0 Å². The summed E-state index contributed by atoms with van der Waals surface area (Å²) in [4.78, 5) is 4.42. The van der Waals surface area contributed by atoms with Gasteiger partial charge in [-0.1, -0.05) is 42.5 Å². The molecule has 0 amide bonds. The summed E-state index contributed by atoms with van der Waals surface area (Å²) in [5, 5.41) is 14.4. The molecule has 1 aromatic heterocycles. The van der Waals surface area contributed by atoms with Gasteiger partial charge in [-0.3, -0.25) is 0 Å². The first-order valence-corrected chi connectivity index (χ1v) is 7.11. The van der Waals surface area contributed by atoms with Crippen molar-refractivity contribution in [1.29, 1.82) is 0 Å². The van der Waals surface area contributed by atoms with Crippen molar-refractivity contribution in [3.63, 3.8) is 0 Å². The fraction of sp³-hybridized carbons (Fsp3) is 0.118. The predicted octanol–water partition coefficient (Wildman–Crippen LogP) is 3.54. The van der Waals surface area contributed by atoms with Crippen LogP contribution in [0.1, 0.15) is 11.1 Å². The maximum Gasteiger partial charge on any atom is 0.249 e. The predicted molar refractivity (Wildman–Crippen MR) is 88.1 cm³/mol. The van der Waals surface area contributed by atoms with E-state index in [4.69, 9.17) is 0 Å². The minimum atomic E-state index is 0.476. The van der Waals surface area contributed by atoms with Crippen molar-refractivity contribution in [2.45, 2.75) is 13.5 Å². The van der Waals surface area contributed by atoms with Crippen LogP contribution in [-0.4, -0.2) is 15.2 Å². The zero-order valence-electron chi connectivity index (χ0n) is 12.3. The topological polar surface area (TPSA) is 62.7 Å². The molecule has 0 aliphatic rings. The van der Waals surface area contributed by atoms with Gasteiger partial charge in [-0.2, -0.15) is 10.1 Å².